The number of piperazine rings is 1. The van der Waals surface area contributed by atoms with E-state index >= 15 is 0 Å². The lowest BCUT2D eigenvalue weighted by atomic mass is 10.2. The molecule has 1 aromatic rings. The highest BCUT2D eigenvalue weighted by Crippen LogP contribution is 2.37. The van der Waals surface area contributed by atoms with Gasteiger partial charge in [0.15, 0.2) is 11.5 Å². The van der Waals surface area contributed by atoms with Crippen LogP contribution in [0.3, 0.4) is 0 Å². The fourth-order valence-corrected chi connectivity index (χ4v) is 2.37. The maximum atomic E-state index is 12.0. The van der Waals surface area contributed by atoms with Gasteiger partial charge in [0.05, 0.1) is 0 Å². The van der Waals surface area contributed by atoms with Crippen LogP contribution in [0.4, 0.5) is 5.82 Å². The molecule has 1 aliphatic heterocycles. The molecule has 1 saturated carbocycles. The molecule has 0 radical (unpaired) electrons. The van der Waals surface area contributed by atoms with Crippen molar-refractivity contribution in [2.24, 2.45) is 0 Å². The number of hydrogen-bond donors (Lipinski definition) is 2. The van der Waals surface area contributed by atoms with Crippen LogP contribution in [0, 0.1) is 0 Å². The fourth-order valence-electron chi connectivity index (χ4n) is 2.37. The molecule has 0 bridgehead atoms. The third-order valence-electron chi connectivity index (χ3n) is 3.88. The molecule has 1 saturated heterocycles. The maximum Gasteiger partial charge on any atom is 0.356 e. The van der Waals surface area contributed by atoms with Gasteiger partial charge in [0.2, 0.25) is 0 Å². The molecular weight excluding hydrogens is 276 g/mol. The number of aromatic carboxylic acids is 1. The van der Waals surface area contributed by atoms with Gasteiger partial charge in [0, 0.05) is 26.2 Å². The predicted molar refractivity (Wildman–Crippen MR) is 72.0 cm³/mol. The standard InChI is InChI=1S/C13H16N4O4/c18-11(19)9-1-2-10(15-14-9)16-5-7-17(8-6-16)12(20)13(21)3-4-13/h1-2,21H,3-8H2,(H,18,19). The van der Waals surface area contributed by atoms with Crippen molar-refractivity contribution in [1.82, 2.24) is 15.1 Å². The lowest BCUT2D eigenvalue weighted by molar-refractivity contribution is -0.142. The van der Waals surface area contributed by atoms with Crippen LogP contribution in [-0.2, 0) is 4.79 Å². The summed E-state index contributed by atoms with van der Waals surface area (Å²) in [6, 6.07) is 3.03. The van der Waals surface area contributed by atoms with Gasteiger partial charge in [0.1, 0.15) is 5.60 Å². The molecule has 21 heavy (non-hydrogen) atoms. The second kappa shape index (κ2) is 4.96. The van der Waals surface area contributed by atoms with Gasteiger partial charge in [-0.05, 0) is 25.0 Å². The molecule has 1 amide bonds. The van der Waals surface area contributed by atoms with Gasteiger partial charge in [-0.25, -0.2) is 4.79 Å². The van der Waals surface area contributed by atoms with Crippen molar-refractivity contribution < 1.29 is 19.8 Å². The van der Waals surface area contributed by atoms with Crippen LogP contribution in [0.1, 0.15) is 23.3 Å². The van der Waals surface area contributed by atoms with E-state index in [0.29, 0.717) is 44.8 Å². The Kier molecular flexibility index (Phi) is 3.25. The van der Waals surface area contributed by atoms with Crippen molar-refractivity contribution >= 4 is 17.7 Å². The molecule has 0 aromatic carbocycles. The van der Waals surface area contributed by atoms with Gasteiger partial charge in [-0.1, -0.05) is 0 Å². The molecule has 8 heteroatoms. The molecule has 0 spiro atoms. The molecule has 3 rings (SSSR count). The first-order valence-corrected chi connectivity index (χ1v) is 6.83. The highest BCUT2D eigenvalue weighted by molar-refractivity contribution is 5.88. The minimum absolute atomic E-state index is 0.0940. The second-order valence-electron chi connectivity index (χ2n) is 5.39. The van der Waals surface area contributed by atoms with Crippen molar-refractivity contribution in [3.05, 3.63) is 17.8 Å². The Morgan fingerprint density at radius 2 is 1.76 bits per heavy atom. The summed E-state index contributed by atoms with van der Waals surface area (Å²) in [6.07, 6.45) is 1.10. The monoisotopic (exact) mass is 292 g/mol. The number of amides is 1. The van der Waals surface area contributed by atoms with Crippen LogP contribution in [-0.4, -0.2) is 69.0 Å². The Bertz CT molecular complexity index is 562. The zero-order valence-corrected chi connectivity index (χ0v) is 11.4. The van der Waals surface area contributed by atoms with Crippen molar-refractivity contribution in [2.75, 3.05) is 31.1 Å². The first kappa shape index (κ1) is 13.7. The number of carboxylic acids is 1. The number of aliphatic hydroxyl groups is 1. The van der Waals surface area contributed by atoms with Gasteiger partial charge >= 0.3 is 5.97 Å². The number of carboxylic acid groups (broad SMARTS) is 1. The highest BCUT2D eigenvalue weighted by Gasteiger charge is 2.50. The maximum absolute atomic E-state index is 12.0. The van der Waals surface area contributed by atoms with E-state index in [1.54, 1.807) is 11.0 Å². The second-order valence-corrected chi connectivity index (χ2v) is 5.39. The average molecular weight is 292 g/mol. The molecule has 2 aliphatic rings. The van der Waals surface area contributed by atoms with E-state index in [-0.39, 0.29) is 11.6 Å². The summed E-state index contributed by atoms with van der Waals surface area (Å²) in [6.45, 7) is 2.21. The quantitative estimate of drug-likeness (QED) is 0.762. The Morgan fingerprint density at radius 1 is 1.10 bits per heavy atom. The molecule has 2 N–H and O–H groups in total. The summed E-state index contributed by atoms with van der Waals surface area (Å²) in [5, 5.41) is 26.2. The minimum atomic E-state index is -1.12. The van der Waals surface area contributed by atoms with E-state index in [9.17, 15) is 14.7 Å². The van der Waals surface area contributed by atoms with Crippen molar-refractivity contribution in [1.29, 1.82) is 0 Å². The molecule has 112 valence electrons. The fraction of sp³-hybridized carbons (Fsp3) is 0.538. The summed E-state index contributed by atoms with van der Waals surface area (Å²) in [5.74, 6) is -0.700. The number of rotatable bonds is 3. The summed E-state index contributed by atoms with van der Waals surface area (Å²) >= 11 is 0. The van der Waals surface area contributed by atoms with Crippen LogP contribution >= 0.6 is 0 Å². The predicted octanol–water partition coefficient (Wildman–Crippen LogP) is -0.652. The Hall–Kier alpha value is -2.22. The number of carbonyl (C=O) groups excluding carboxylic acids is 1. The van der Waals surface area contributed by atoms with E-state index < -0.39 is 11.6 Å². The van der Waals surface area contributed by atoms with Gasteiger partial charge in [-0.3, -0.25) is 4.79 Å². The van der Waals surface area contributed by atoms with Crippen molar-refractivity contribution in [2.45, 2.75) is 18.4 Å². The number of hydrogen-bond acceptors (Lipinski definition) is 6. The van der Waals surface area contributed by atoms with E-state index in [1.165, 1.54) is 6.07 Å². The van der Waals surface area contributed by atoms with Crippen molar-refractivity contribution in [3.8, 4) is 0 Å². The lowest BCUT2D eigenvalue weighted by Crippen LogP contribution is -2.52. The number of aromatic nitrogens is 2. The van der Waals surface area contributed by atoms with E-state index in [4.69, 9.17) is 5.11 Å². The topological polar surface area (TPSA) is 107 Å². The van der Waals surface area contributed by atoms with Gasteiger partial charge in [-0.2, -0.15) is 0 Å². The Balaban J connectivity index is 1.60. The number of carbonyl (C=O) groups is 2. The normalized spacial score (nSPS) is 20.2. The summed E-state index contributed by atoms with van der Waals surface area (Å²) in [7, 11) is 0. The minimum Gasteiger partial charge on any atom is -0.476 e. The third kappa shape index (κ3) is 2.66. The zero-order valence-electron chi connectivity index (χ0n) is 11.4. The smallest absolute Gasteiger partial charge is 0.356 e. The first-order valence-electron chi connectivity index (χ1n) is 6.83. The van der Waals surface area contributed by atoms with Crippen LogP contribution in [0.5, 0.6) is 0 Å². The van der Waals surface area contributed by atoms with Crippen LogP contribution in [0.25, 0.3) is 0 Å². The molecule has 8 nitrogen and oxygen atoms in total. The number of anilines is 1. The first-order chi connectivity index (χ1) is 9.99. The molecule has 0 unspecified atom stereocenters. The van der Waals surface area contributed by atoms with Gasteiger partial charge in [0.25, 0.3) is 5.91 Å². The summed E-state index contributed by atoms with van der Waals surface area (Å²) in [5.41, 5.74) is -1.21. The number of nitrogens with zero attached hydrogens (tertiary/aromatic N) is 4. The van der Waals surface area contributed by atoms with Crippen LogP contribution in [0.15, 0.2) is 12.1 Å². The Labute approximate surface area is 121 Å². The van der Waals surface area contributed by atoms with Crippen LogP contribution in [0.2, 0.25) is 0 Å². The van der Waals surface area contributed by atoms with Crippen LogP contribution < -0.4 is 4.90 Å². The molecular formula is C13H16N4O4. The third-order valence-corrected chi connectivity index (χ3v) is 3.88. The molecule has 1 aliphatic carbocycles. The molecule has 2 fully saturated rings. The highest BCUT2D eigenvalue weighted by atomic mass is 16.4. The van der Waals surface area contributed by atoms with E-state index in [2.05, 4.69) is 10.2 Å². The molecule has 0 atom stereocenters. The average Bonchev–Trinajstić information content (AvgIpc) is 3.26. The largest absolute Gasteiger partial charge is 0.476 e. The zero-order chi connectivity index (χ0) is 15.0. The Morgan fingerprint density at radius 3 is 2.24 bits per heavy atom. The molecule has 2 heterocycles. The van der Waals surface area contributed by atoms with Crippen molar-refractivity contribution in [3.63, 3.8) is 0 Å². The van der Waals surface area contributed by atoms with E-state index in [0.717, 1.165) is 0 Å². The SMILES string of the molecule is O=C(O)c1ccc(N2CCN(C(=O)C3(O)CC3)CC2)nn1. The van der Waals surface area contributed by atoms with E-state index in [1.807, 2.05) is 4.90 Å². The summed E-state index contributed by atoms with van der Waals surface area (Å²) in [4.78, 5) is 26.3. The lowest BCUT2D eigenvalue weighted by Gasteiger charge is -2.36. The summed E-state index contributed by atoms with van der Waals surface area (Å²) < 4.78 is 0. The molecule has 1 aromatic heterocycles. The van der Waals surface area contributed by atoms with Gasteiger partial charge < -0.3 is 20.0 Å². The van der Waals surface area contributed by atoms with Gasteiger partial charge in [-0.15, -0.1) is 10.2 Å².